The maximum atomic E-state index is 4.32. The standard InChI is InChI=1S/C10H24N4/c1-9(11-2)10(12(3)4,13(5)6)14(7)8/h1-8H3. The Morgan fingerprint density at radius 1 is 0.857 bits per heavy atom. The molecule has 0 aliphatic rings. The molecule has 0 saturated heterocycles. The first-order chi connectivity index (χ1) is 6.31. The second kappa shape index (κ2) is 4.87. The van der Waals surface area contributed by atoms with Crippen LogP contribution in [0.3, 0.4) is 0 Å². The maximum Gasteiger partial charge on any atom is 0.169 e. The van der Waals surface area contributed by atoms with Gasteiger partial charge in [0, 0.05) is 7.05 Å². The molecule has 0 aromatic heterocycles. The molecular formula is C10H24N4. The number of hydrogen-bond acceptors (Lipinski definition) is 4. The molecule has 0 aliphatic heterocycles. The van der Waals surface area contributed by atoms with Crippen molar-refractivity contribution in [1.29, 1.82) is 0 Å². The number of nitrogens with zero attached hydrogens (tertiary/aromatic N) is 4. The van der Waals surface area contributed by atoms with Crippen LogP contribution in [-0.4, -0.2) is 75.5 Å². The summed E-state index contributed by atoms with van der Waals surface area (Å²) in [6.07, 6.45) is 0. The zero-order valence-corrected chi connectivity index (χ0v) is 10.8. The van der Waals surface area contributed by atoms with E-state index in [9.17, 15) is 0 Å². The Labute approximate surface area is 88.2 Å². The van der Waals surface area contributed by atoms with Gasteiger partial charge in [-0.05, 0) is 49.2 Å². The summed E-state index contributed by atoms with van der Waals surface area (Å²) < 4.78 is 0. The van der Waals surface area contributed by atoms with Crippen LogP contribution in [0.15, 0.2) is 4.99 Å². The molecule has 4 nitrogen and oxygen atoms in total. The first kappa shape index (κ1) is 13.5. The van der Waals surface area contributed by atoms with Crippen LogP contribution in [-0.2, 0) is 0 Å². The van der Waals surface area contributed by atoms with Crippen LogP contribution in [0.5, 0.6) is 0 Å². The van der Waals surface area contributed by atoms with Crippen LogP contribution in [0.25, 0.3) is 0 Å². The van der Waals surface area contributed by atoms with Gasteiger partial charge in [-0.2, -0.15) is 0 Å². The number of rotatable bonds is 4. The second-order valence-corrected chi connectivity index (χ2v) is 4.13. The van der Waals surface area contributed by atoms with E-state index in [0.717, 1.165) is 5.71 Å². The van der Waals surface area contributed by atoms with Crippen molar-refractivity contribution in [2.24, 2.45) is 4.99 Å². The molecule has 0 aromatic carbocycles. The normalized spacial score (nSPS) is 14.6. The highest BCUT2D eigenvalue weighted by Crippen LogP contribution is 2.20. The molecule has 0 radical (unpaired) electrons. The second-order valence-electron chi connectivity index (χ2n) is 4.13. The topological polar surface area (TPSA) is 22.1 Å². The van der Waals surface area contributed by atoms with Crippen LogP contribution >= 0.6 is 0 Å². The van der Waals surface area contributed by atoms with E-state index in [0.29, 0.717) is 0 Å². The average Bonchev–Trinajstić information content (AvgIpc) is 2.02. The molecule has 0 fully saturated rings. The maximum absolute atomic E-state index is 4.32. The monoisotopic (exact) mass is 200 g/mol. The molecular weight excluding hydrogens is 176 g/mol. The highest BCUT2D eigenvalue weighted by molar-refractivity contribution is 5.90. The van der Waals surface area contributed by atoms with Crippen LogP contribution in [0.1, 0.15) is 6.92 Å². The number of aliphatic imine (C=N–C) groups is 1. The van der Waals surface area contributed by atoms with Gasteiger partial charge in [-0.1, -0.05) is 0 Å². The lowest BCUT2D eigenvalue weighted by atomic mass is 10.1. The summed E-state index contributed by atoms with van der Waals surface area (Å²) in [5.41, 5.74) is 1.08. The van der Waals surface area contributed by atoms with Gasteiger partial charge in [0.1, 0.15) is 0 Å². The first-order valence-electron chi connectivity index (χ1n) is 4.77. The van der Waals surface area contributed by atoms with Crippen LogP contribution in [0.4, 0.5) is 0 Å². The van der Waals surface area contributed by atoms with Crippen molar-refractivity contribution < 1.29 is 0 Å². The third kappa shape index (κ3) is 1.97. The molecule has 0 saturated carbocycles. The summed E-state index contributed by atoms with van der Waals surface area (Å²) in [7, 11) is 14.2. The predicted molar refractivity (Wildman–Crippen MR) is 62.8 cm³/mol. The summed E-state index contributed by atoms with van der Waals surface area (Å²) >= 11 is 0. The zero-order valence-electron chi connectivity index (χ0n) is 10.8. The summed E-state index contributed by atoms with van der Waals surface area (Å²) in [6, 6.07) is 0. The third-order valence-electron chi connectivity index (χ3n) is 2.69. The van der Waals surface area contributed by atoms with Gasteiger partial charge in [0.05, 0.1) is 5.71 Å². The molecule has 0 bridgehead atoms. The van der Waals surface area contributed by atoms with Crippen molar-refractivity contribution in [3.05, 3.63) is 0 Å². The quantitative estimate of drug-likeness (QED) is 0.485. The fraction of sp³-hybridized carbons (Fsp3) is 0.900. The van der Waals surface area contributed by atoms with Crippen LogP contribution in [0.2, 0.25) is 0 Å². The van der Waals surface area contributed by atoms with Gasteiger partial charge >= 0.3 is 0 Å². The van der Waals surface area contributed by atoms with Crippen molar-refractivity contribution >= 4 is 5.71 Å². The summed E-state index contributed by atoms with van der Waals surface area (Å²) in [5, 5.41) is 0. The predicted octanol–water partition coefficient (Wildman–Crippen LogP) is 0.416. The lowest BCUT2D eigenvalue weighted by Crippen LogP contribution is -2.68. The molecule has 0 atom stereocenters. The van der Waals surface area contributed by atoms with Gasteiger partial charge in [-0.3, -0.25) is 19.7 Å². The van der Waals surface area contributed by atoms with Crippen molar-refractivity contribution in [2.75, 3.05) is 49.3 Å². The lowest BCUT2D eigenvalue weighted by Gasteiger charge is -2.49. The molecule has 0 unspecified atom stereocenters. The molecule has 84 valence electrons. The van der Waals surface area contributed by atoms with E-state index < -0.39 is 0 Å². The highest BCUT2D eigenvalue weighted by Gasteiger charge is 2.40. The summed E-state index contributed by atoms with van der Waals surface area (Å²) in [5.74, 6) is -0.241. The lowest BCUT2D eigenvalue weighted by molar-refractivity contribution is -0.0479. The third-order valence-corrected chi connectivity index (χ3v) is 2.69. The molecule has 4 heteroatoms. The molecule has 0 rings (SSSR count). The van der Waals surface area contributed by atoms with Gasteiger partial charge in [0.15, 0.2) is 5.79 Å². The van der Waals surface area contributed by atoms with Crippen molar-refractivity contribution in [3.8, 4) is 0 Å². The first-order valence-corrected chi connectivity index (χ1v) is 4.77. The van der Waals surface area contributed by atoms with Gasteiger partial charge in [0.25, 0.3) is 0 Å². The molecule has 0 aliphatic carbocycles. The van der Waals surface area contributed by atoms with Gasteiger partial charge in [-0.15, -0.1) is 0 Å². The van der Waals surface area contributed by atoms with E-state index in [4.69, 9.17) is 0 Å². The van der Waals surface area contributed by atoms with E-state index >= 15 is 0 Å². The largest absolute Gasteiger partial charge is 0.293 e. The van der Waals surface area contributed by atoms with E-state index in [1.54, 1.807) is 0 Å². The van der Waals surface area contributed by atoms with E-state index in [1.165, 1.54) is 0 Å². The van der Waals surface area contributed by atoms with Gasteiger partial charge < -0.3 is 0 Å². The summed E-state index contributed by atoms with van der Waals surface area (Å²) in [4.78, 5) is 10.8. The van der Waals surface area contributed by atoms with Crippen molar-refractivity contribution in [2.45, 2.75) is 12.7 Å². The smallest absolute Gasteiger partial charge is 0.169 e. The van der Waals surface area contributed by atoms with Gasteiger partial charge in [0.2, 0.25) is 0 Å². The van der Waals surface area contributed by atoms with Crippen molar-refractivity contribution in [3.63, 3.8) is 0 Å². The van der Waals surface area contributed by atoms with Crippen LogP contribution in [0, 0.1) is 0 Å². The Bertz CT molecular complexity index is 184. The zero-order chi connectivity index (χ0) is 11.5. The Morgan fingerprint density at radius 3 is 1.21 bits per heavy atom. The molecule has 0 amide bonds. The SMILES string of the molecule is CN=C(C)C(N(C)C)(N(C)C)N(C)C. The Kier molecular flexibility index (Phi) is 4.71. The minimum absolute atomic E-state index is 0.241. The van der Waals surface area contributed by atoms with Crippen molar-refractivity contribution in [1.82, 2.24) is 14.7 Å². The van der Waals surface area contributed by atoms with E-state index in [2.05, 4.69) is 68.9 Å². The Balaban J connectivity index is 5.39. The summed E-state index contributed by atoms with van der Waals surface area (Å²) in [6.45, 7) is 2.06. The Hall–Kier alpha value is -0.450. The highest BCUT2D eigenvalue weighted by atomic mass is 15.5. The Morgan fingerprint density at radius 2 is 1.14 bits per heavy atom. The molecule has 14 heavy (non-hydrogen) atoms. The fourth-order valence-corrected chi connectivity index (χ4v) is 2.32. The molecule has 0 N–H and O–H groups in total. The van der Waals surface area contributed by atoms with Crippen LogP contribution < -0.4 is 0 Å². The van der Waals surface area contributed by atoms with Gasteiger partial charge in [-0.25, -0.2) is 0 Å². The molecule has 0 heterocycles. The number of hydrogen-bond donors (Lipinski definition) is 0. The minimum atomic E-state index is -0.241. The molecule has 0 aromatic rings. The van der Waals surface area contributed by atoms with E-state index in [-0.39, 0.29) is 5.79 Å². The average molecular weight is 200 g/mol. The minimum Gasteiger partial charge on any atom is -0.293 e. The fourth-order valence-electron chi connectivity index (χ4n) is 2.32. The molecule has 0 spiro atoms. The van der Waals surface area contributed by atoms with E-state index in [1.807, 2.05) is 7.05 Å².